The van der Waals surface area contributed by atoms with Crippen molar-refractivity contribution in [1.82, 2.24) is 4.31 Å². The van der Waals surface area contributed by atoms with Crippen molar-refractivity contribution >= 4 is 10.0 Å². The Labute approximate surface area is 104 Å². The number of hydrogen-bond acceptors (Lipinski definition) is 2. The van der Waals surface area contributed by atoms with E-state index in [4.69, 9.17) is 0 Å². The molecule has 0 N–H and O–H groups in total. The van der Waals surface area contributed by atoms with Gasteiger partial charge in [0.25, 0.3) is 0 Å². The molecule has 0 amide bonds. The minimum Gasteiger partial charge on any atom is -0.207 e. The van der Waals surface area contributed by atoms with Gasteiger partial charge in [0.15, 0.2) is 0 Å². The van der Waals surface area contributed by atoms with Crippen LogP contribution in [0.2, 0.25) is 0 Å². The number of piperidine rings is 1. The number of hydrogen-bond donors (Lipinski definition) is 0. The molecule has 0 saturated carbocycles. The van der Waals surface area contributed by atoms with Crippen molar-refractivity contribution in [3.63, 3.8) is 0 Å². The van der Waals surface area contributed by atoms with Crippen LogP contribution in [0.5, 0.6) is 0 Å². The normalized spacial score (nSPS) is 19.4. The molecule has 0 aliphatic carbocycles. The summed E-state index contributed by atoms with van der Waals surface area (Å²) in [4.78, 5) is 0.423. The van der Waals surface area contributed by atoms with E-state index in [0.29, 0.717) is 23.9 Å². The summed E-state index contributed by atoms with van der Waals surface area (Å²) < 4.78 is 26.4. The van der Waals surface area contributed by atoms with Crippen molar-refractivity contribution < 1.29 is 8.42 Å². The highest BCUT2D eigenvalue weighted by Gasteiger charge is 2.27. The summed E-state index contributed by atoms with van der Waals surface area (Å²) in [5, 5.41) is 0. The molecular formula is C13H19NO2S. The van der Waals surface area contributed by atoms with Crippen LogP contribution in [0.1, 0.15) is 25.3 Å². The highest BCUT2D eigenvalue weighted by Crippen LogP contribution is 2.23. The molecule has 94 valence electrons. The van der Waals surface area contributed by atoms with Crippen molar-refractivity contribution in [2.75, 3.05) is 13.1 Å². The minimum atomic E-state index is -3.27. The van der Waals surface area contributed by atoms with Gasteiger partial charge in [0.2, 0.25) is 10.0 Å². The Morgan fingerprint density at radius 2 is 1.88 bits per heavy atom. The lowest BCUT2D eigenvalue weighted by Gasteiger charge is -2.29. The van der Waals surface area contributed by atoms with Gasteiger partial charge >= 0.3 is 0 Å². The molecule has 2 rings (SSSR count). The van der Waals surface area contributed by atoms with Gasteiger partial charge in [0.1, 0.15) is 0 Å². The van der Waals surface area contributed by atoms with Crippen LogP contribution in [0.15, 0.2) is 29.2 Å². The van der Waals surface area contributed by atoms with E-state index in [-0.39, 0.29) is 0 Å². The monoisotopic (exact) mass is 253 g/mol. The van der Waals surface area contributed by atoms with Gasteiger partial charge in [-0.25, -0.2) is 8.42 Å². The molecule has 1 aliphatic heterocycles. The van der Waals surface area contributed by atoms with E-state index in [0.717, 1.165) is 18.4 Å². The second kappa shape index (κ2) is 4.78. The molecule has 4 heteroatoms. The summed E-state index contributed by atoms with van der Waals surface area (Å²) in [7, 11) is -3.27. The van der Waals surface area contributed by atoms with Crippen LogP contribution in [-0.4, -0.2) is 25.8 Å². The predicted octanol–water partition coefficient (Wildman–Crippen LogP) is 2.42. The lowest BCUT2D eigenvalue weighted by molar-refractivity contribution is 0.288. The SMILES string of the molecule is Cc1cccc(S(=O)(=O)N2CCC(C)CC2)c1. The number of sulfonamides is 1. The highest BCUT2D eigenvalue weighted by atomic mass is 32.2. The summed E-state index contributed by atoms with van der Waals surface area (Å²) in [6, 6.07) is 7.14. The van der Waals surface area contributed by atoms with Gasteiger partial charge in [-0.05, 0) is 43.4 Å². The number of aryl methyl sites for hydroxylation is 1. The molecule has 0 atom stereocenters. The molecule has 3 nitrogen and oxygen atoms in total. The molecule has 0 bridgehead atoms. The van der Waals surface area contributed by atoms with Crippen LogP contribution in [-0.2, 0) is 10.0 Å². The first kappa shape index (κ1) is 12.6. The molecule has 17 heavy (non-hydrogen) atoms. The lowest BCUT2D eigenvalue weighted by Crippen LogP contribution is -2.37. The molecule has 0 unspecified atom stereocenters. The van der Waals surface area contributed by atoms with Crippen LogP contribution >= 0.6 is 0 Å². The Morgan fingerprint density at radius 3 is 2.47 bits per heavy atom. The van der Waals surface area contributed by atoms with Crippen molar-refractivity contribution in [2.24, 2.45) is 5.92 Å². The topological polar surface area (TPSA) is 37.4 Å². The maximum Gasteiger partial charge on any atom is 0.243 e. The lowest BCUT2D eigenvalue weighted by atomic mass is 10.0. The smallest absolute Gasteiger partial charge is 0.207 e. The summed E-state index contributed by atoms with van der Waals surface area (Å²) >= 11 is 0. The number of rotatable bonds is 2. The maximum atomic E-state index is 12.4. The Kier molecular flexibility index (Phi) is 3.54. The first-order chi connectivity index (χ1) is 8.00. The molecule has 1 aromatic rings. The Bertz CT molecular complexity index is 488. The second-order valence-electron chi connectivity index (χ2n) is 4.90. The molecule has 0 radical (unpaired) electrons. The van der Waals surface area contributed by atoms with Gasteiger partial charge in [-0.1, -0.05) is 19.1 Å². The average Bonchev–Trinajstić information content (AvgIpc) is 2.29. The molecule has 1 aromatic carbocycles. The van der Waals surface area contributed by atoms with Crippen LogP contribution in [0.3, 0.4) is 0 Å². The van der Waals surface area contributed by atoms with Gasteiger partial charge in [0.05, 0.1) is 4.90 Å². The van der Waals surface area contributed by atoms with Crippen LogP contribution in [0, 0.1) is 12.8 Å². The Balaban J connectivity index is 2.25. The fourth-order valence-corrected chi connectivity index (χ4v) is 3.73. The van der Waals surface area contributed by atoms with E-state index >= 15 is 0 Å². The summed E-state index contributed by atoms with van der Waals surface area (Å²) in [5.41, 5.74) is 0.983. The van der Waals surface area contributed by atoms with Crippen molar-refractivity contribution in [1.29, 1.82) is 0 Å². The molecule has 1 saturated heterocycles. The van der Waals surface area contributed by atoms with Crippen molar-refractivity contribution in [3.8, 4) is 0 Å². The predicted molar refractivity (Wildman–Crippen MR) is 68.3 cm³/mol. The highest BCUT2D eigenvalue weighted by molar-refractivity contribution is 7.89. The van der Waals surface area contributed by atoms with E-state index in [1.807, 2.05) is 13.0 Å². The van der Waals surface area contributed by atoms with Crippen molar-refractivity contribution in [3.05, 3.63) is 29.8 Å². The number of benzene rings is 1. The molecule has 1 fully saturated rings. The van der Waals surface area contributed by atoms with Crippen LogP contribution in [0.4, 0.5) is 0 Å². The zero-order chi connectivity index (χ0) is 12.5. The molecule has 0 aromatic heterocycles. The van der Waals surface area contributed by atoms with Gasteiger partial charge in [-0.2, -0.15) is 4.31 Å². The summed E-state index contributed by atoms with van der Waals surface area (Å²) in [6.45, 7) is 5.39. The van der Waals surface area contributed by atoms with E-state index < -0.39 is 10.0 Å². The van der Waals surface area contributed by atoms with Gasteiger partial charge in [-0.3, -0.25) is 0 Å². The Morgan fingerprint density at radius 1 is 1.24 bits per heavy atom. The number of nitrogens with zero attached hydrogens (tertiary/aromatic N) is 1. The second-order valence-corrected chi connectivity index (χ2v) is 6.84. The molecule has 1 heterocycles. The third-order valence-electron chi connectivity index (χ3n) is 3.37. The molecule has 0 spiro atoms. The third kappa shape index (κ3) is 2.69. The zero-order valence-electron chi connectivity index (χ0n) is 10.4. The maximum absolute atomic E-state index is 12.4. The average molecular weight is 253 g/mol. The van der Waals surface area contributed by atoms with E-state index in [1.165, 1.54) is 0 Å². The quantitative estimate of drug-likeness (QED) is 0.811. The largest absolute Gasteiger partial charge is 0.243 e. The molecule has 1 aliphatic rings. The standard InChI is InChI=1S/C13H19NO2S/c1-11-6-8-14(9-7-11)17(15,16)13-5-3-4-12(2)10-13/h3-5,10-11H,6-9H2,1-2H3. The van der Waals surface area contributed by atoms with Crippen LogP contribution < -0.4 is 0 Å². The molecular weight excluding hydrogens is 234 g/mol. The fourth-order valence-electron chi connectivity index (χ4n) is 2.15. The van der Waals surface area contributed by atoms with Crippen LogP contribution in [0.25, 0.3) is 0 Å². The summed E-state index contributed by atoms with van der Waals surface area (Å²) in [5.74, 6) is 0.638. The summed E-state index contributed by atoms with van der Waals surface area (Å²) in [6.07, 6.45) is 1.93. The minimum absolute atomic E-state index is 0.423. The van der Waals surface area contributed by atoms with Gasteiger partial charge in [0, 0.05) is 13.1 Å². The van der Waals surface area contributed by atoms with Gasteiger partial charge in [-0.15, -0.1) is 0 Å². The Hall–Kier alpha value is -0.870. The van der Waals surface area contributed by atoms with E-state index in [1.54, 1.807) is 22.5 Å². The first-order valence-electron chi connectivity index (χ1n) is 6.07. The van der Waals surface area contributed by atoms with Gasteiger partial charge < -0.3 is 0 Å². The fraction of sp³-hybridized carbons (Fsp3) is 0.538. The van der Waals surface area contributed by atoms with E-state index in [9.17, 15) is 8.42 Å². The first-order valence-corrected chi connectivity index (χ1v) is 7.51. The van der Waals surface area contributed by atoms with E-state index in [2.05, 4.69) is 6.92 Å². The zero-order valence-corrected chi connectivity index (χ0v) is 11.2. The third-order valence-corrected chi connectivity index (χ3v) is 5.26. The van der Waals surface area contributed by atoms with Crippen molar-refractivity contribution in [2.45, 2.75) is 31.6 Å².